The van der Waals surface area contributed by atoms with Gasteiger partial charge in [-0.2, -0.15) is 0 Å². The van der Waals surface area contributed by atoms with Crippen LogP contribution in [0.1, 0.15) is 70.8 Å². The molecule has 198 valence electrons. The molecule has 2 heterocycles. The molecule has 0 atom stereocenters. The Bertz CT molecular complexity index is 1370. The largest absolute Gasteiger partial charge is 0.478 e. The molecule has 8 heteroatoms. The summed E-state index contributed by atoms with van der Waals surface area (Å²) in [4.78, 5) is 26.3. The van der Waals surface area contributed by atoms with Gasteiger partial charge in [-0.15, -0.1) is 11.3 Å². The van der Waals surface area contributed by atoms with Crippen molar-refractivity contribution in [2.24, 2.45) is 0 Å². The highest BCUT2D eigenvalue weighted by Crippen LogP contribution is 2.37. The average Bonchev–Trinajstić information content (AvgIpc) is 3.57. The molecule has 2 aromatic carbocycles. The van der Waals surface area contributed by atoms with Gasteiger partial charge < -0.3 is 14.9 Å². The third kappa shape index (κ3) is 6.08. The minimum atomic E-state index is -0.910. The number of aromatic nitrogens is 2. The Morgan fingerprint density at radius 2 is 1.50 bits per heavy atom. The Kier molecular flexibility index (Phi) is 8.09. The molecule has 0 spiro atoms. The number of carboxylic acid groups (broad SMARTS) is 1. The first kappa shape index (κ1) is 26.4. The van der Waals surface area contributed by atoms with E-state index >= 15 is 0 Å². The molecule has 0 amide bonds. The third-order valence-corrected chi connectivity index (χ3v) is 9.51. The quantitative estimate of drug-likeness (QED) is 0.233. The van der Waals surface area contributed by atoms with Crippen LogP contribution in [0.2, 0.25) is 0 Å². The zero-order chi connectivity index (χ0) is 26.6. The van der Waals surface area contributed by atoms with Crippen molar-refractivity contribution in [3.63, 3.8) is 0 Å². The van der Waals surface area contributed by atoms with E-state index in [2.05, 4.69) is 53.4 Å². The smallest absolute Gasteiger partial charge is 0.335 e. The van der Waals surface area contributed by atoms with Gasteiger partial charge in [0, 0.05) is 32.6 Å². The van der Waals surface area contributed by atoms with Crippen molar-refractivity contribution in [1.29, 1.82) is 0 Å². The van der Waals surface area contributed by atoms with Crippen LogP contribution in [0.5, 0.6) is 0 Å². The monoisotopic (exact) mass is 546 g/mol. The molecule has 2 aromatic heterocycles. The number of carboxylic acids is 1. The molecule has 6 nitrogen and oxygen atoms in total. The van der Waals surface area contributed by atoms with Crippen LogP contribution >= 0.6 is 22.7 Å². The van der Waals surface area contributed by atoms with Gasteiger partial charge in [0.05, 0.1) is 21.8 Å². The van der Waals surface area contributed by atoms with E-state index < -0.39 is 5.97 Å². The van der Waals surface area contributed by atoms with E-state index in [-0.39, 0.29) is 0 Å². The van der Waals surface area contributed by atoms with Crippen LogP contribution in [-0.4, -0.2) is 35.1 Å². The van der Waals surface area contributed by atoms with Gasteiger partial charge in [0.25, 0.3) is 0 Å². The number of anilines is 2. The number of hydrogen-bond donors (Lipinski definition) is 1. The Hall–Kier alpha value is -3.23. The predicted molar refractivity (Wildman–Crippen MR) is 158 cm³/mol. The number of rotatable bonds is 9. The summed E-state index contributed by atoms with van der Waals surface area (Å²) in [5, 5.41) is 13.1. The number of hydrogen-bond acceptors (Lipinski definition) is 7. The molecule has 1 N–H and O–H groups in total. The van der Waals surface area contributed by atoms with Crippen LogP contribution in [-0.2, 0) is 13.1 Å². The molecule has 1 aliphatic carbocycles. The second-order valence-corrected chi connectivity index (χ2v) is 12.0. The summed E-state index contributed by atoms with van der Waals surface area (Å²) in [6.45, 7) is 3.53. The normalized spacial score (nSPS) is 14.0. The van der Waals surface area contributed by atoms with Gasteiger partial charge in [0.15, 0.2) is 10.3 Å². The number of carbonyl (C=O) groups is 1. The Labute approximate surface area is 232 Å². The Morgan fingerprint density at radius 1 is 0.895 bits per heavy atom. The maximum atomic E-state index is 11.1. The third-order valence-electron chi connectivity index (χ3n) is 7.26. The van der Waals surface area contributed by atoms with Crippen molar-refractivity contribution < 1.29 is 9.90 Å². The van der Waals surface area contributed by atoms with Gasteiger partial charge >= 0.3 is 5.97 Å². The fraction of sp³-hybridized carbons (Fsp3) is 0.367. The molecule has 0 saturated heterocycles. The number of aromatic carboxylic acids is 1. The van der Waals surface area contributed by atoms with Crippen molar-refractivity contribution >= 4 is 38.9 Å². The fourth-order valence-electron chi connectivity index (χ4n) is 5.09. The molecule has 4 aromatic rings. The summed E-state index contributed by atoms with van der Waals surface area (Å²) >= 11 is 3.29. The summed E-state index contributed by atoms with van der Waals surface area (Å²) in [5.41, 5.74) is 6.07. The minimum Gasteiger partial charge on any atom is -0.478 e. The van der Waals surface area contributed by atoms with E-state index in [0.29, 0.717) is 12.1 Å². The lowest BCUT2D eigenvalue weighted by Gasteiger charge is -2.22. The molecule has 1 fully saturated rings. The molecule has 0 unspecified atom stereocenters. The van der Waals surface area contributed by atoms with Gasteiger partial charge in [0.1, 0.15) is 0 Å². The Morgan fingerprint density at radius 3 is 2.13 bits per heavy atom. The molecule has 1 aliphatic rings. The first-order valence-corrected chi connectivity index (χ1v) is 14.8. The molecule has 38 heavy (non-hydrogen) atoms. The van der Waals surface area contributed by atoms with Crippen LogP contribution in [0.15, 0.2) is 53.9 Å². The minimum absolute atomic E-state index is 0.297. The molecule has 1 saturated carbocycles. The number of aryl methyl sites for hydroxylation is 1. The fourth-order valence-corrected chi connectivity index (χ4v) is 6.94. The SMILES string of the molecule is Cc1nc(N(C)Cc2ccc(C3CCCCC3)cc2)sc1-c1csc(N(C)Cc2ccc(C(=O)O)cc2)n1. The second-order valence-electron chi connectivity index (χ2n) is 10.2. The number of benzene rings is 2. The second kappa shape index (κ2) is 11.7. The first-order chi connectivity index (χ1) is 18.4. The lowest BCUT2D eigenvalue weighted by atomic mass is 9.84. The van der Waals surface area contributed by atoms with E-state index in [9.17, 15) is 4.79 Å². The van der Waals surface area contributed by atoms with Crippen LogP contribution in [0.25, 0.3) is 10.6 Å². The van der Waals surface area contributed by atoms with Crippen molar-refractivity contribution in [2.45, 2.75) is 58.0 Å². The Balaban J connectivity index is 1.23. The highest BCUT2D eigenvalue weighted by Gasteiger charge is 2.18. The predicted octanol–water partition coefficient (Wildman–Crippen LogP) is 7.59. The standard InChI is InChI=1S/C30H34N4O2S2/c1-20-27(26-19-37-29(32-26)33(2)17-22-11-15-25(16-12-22)28(35)36)38-30(31-20)34(3)18-21-9-13-24(14-10-21)23-7-5-4-6-8-23/h9-16,19,23H,4-8,17-18H2,1-3H3,(H,35,36). The lowest BCUT2D eigenvalue weighted by Crippen LogP contribution is -2.16. The van der Waals surface area contributed by atoms with E-state index in [1.165, 1.54) is 43.2 Å². The van der Waals surface area contributed by atoms with Crippen molar-refractivity contribution in [2.75, 3.05) is 23.9 Å². The zero-order valence-electron chi connectivity index (χ0n) is 22.2. The zero-order valence-corrected chi connectivity index (χ0v) is 23.8. The van der Waals surface area contributed by atoms with Crippen LogP contribution < -0.4 is 9.80 Å². The maximum absolute atomic E-state index is 11.1. The van der Waals surface area contributed by atoms with Gasteiger partial charge in [-0.25, -0.2) is 14.8 Å². The van der Waals surface area contributed by atoms with Crippen molar-refractivity contribution in [1.82, 2.24) is 9.97 Å². The van der Waals surface area contributed by atoms with E-state index in [1.54, 1.807) is 34.8 Å². The van der Waals surface area contributed by atoms with Gasteiger partial charge in [-0.1, -0.05) is 67.0 Å². The van der Waals surface area contributed by atoms with Gasteiger partial charge in [-0.05, 0) is 54.5 Å². The van der Waals surface area contributed by atoms with Crippen molar-refractivity contribution in [3.8, 4) is 10.6 Å². The molecule has 0 bridgehead atoms. The molecule has 0 radical (unpaired) electrons. The summed E-state index contributed by atoms with van der Waals surface area (Å²) in [7, 11) is 4.11. The highest BCUT2D eigenvalue weighted by molar-refractivity contribution is 7.19. The van der Waals surface area contributed by atoms with Gasteiger partial charge in [-0.3, -0.25) is 0 Å². The first-order valence-electron chi connectivity index (χ1n) is 13.1. The van der Waals surface area contributed by atoms with E-state index in [4.69, 9.17) is 15.1 Å². The van der Waals surface area contributed by atoms with E-state index in [1.807, 2.05) is 19.2 Å². The maximum Gasteiger partial charge on any atom is 0.335 e. The number of nitrogens with zero attached hydrogens (tertiary/aromatic N) is 4. The summed E-state index contributed by atoms with van der Waals surface area (Å²) in [5.74, 6) is -0.175. The molecular weight excluding hydrogens is 512 g/mol. The highest BCUT2D eigenvalue weighted by atomic mass is 32.1. The van der Waals surface area contributed by atoms with E-state index in [0.717, 1.165) is 44.6 Å². The topological polar surface area (TPSA) is 69.6 Å². The molecule has 0 aliphatic heterocycles. The van der Waals surface area contributed by atoms with Gasteiger partial charge in [0.2, 0.25) is 0 Å². The van der Waals surface area contributed by atoms with Crippen LogP contribution in [0.3, 0.4) is 0 Å². The summed E-state index contributed by atoms with van der Waals surface area (Å²) in [6, 6.07) is 16.2. The average molecular weight is 547 g/mol. The lowest BCUT2D eigenvalue weighted by molar-refractivity contribution is 0.0697. The van der Waals surface area contributed by atoms with Crippen LogP contribution in [0, 0.1) is 6.92 Å². The molecular formula is C30H34N4O2S2. The van der Waals surface area contributed by atoms with Crippen molar-refractivity contribution in [3.05, 3.63) is 81.9 Å². The number of thiazole rings is 2. The summed E-state index contributed by atoms with van der Waals surface area (Å²) < 4.78 is 0. The summed E-state index contributed by atoms with van der Waals surface area (Å²) in [6.07, 6.45) is 6.76. The van der Waals surface area contributed by atoms with Crippen LogP contribution in [0.4, 0.5) is 10.3 Å². The molecule has 5 rings (SSSR count).